The molecular weight excluding hydrogens is 268 g/mol. The van der Waals surface area contributed by atoms with Gasteiger partial charge in [-0.05, 0) is 37.6 Å². The highest BCUT2D eigenvalue weighted by molar-refractivity contribution is 5.93. The van der Waals surface area contributed by atoms with E-state index in [1.54, 1.807) is 18.5 Å². The second-order valence-corrected chi connectivity index (χ2v) is 5.36. The molecule has 2 aromatic rings. The number of amides is 1. The fourth-order valence-corrected chi connectivity index (χ4v) is 2.51. The Morgan fingerprint density at radius 3 is 3.00 bits per heavy atom. The van der Waals surface area contributed by atoms with E-state index in [0.29, 0.717) is 17.4 Å². The average molecular weight is 286 g/mol. The van der Waals surface area contributed by atoms with Crippen molar-refractivity contribution < 1.29 is 9.32 Å². The summed E-state index contributed by atoms with van der Waals surface area (Å²) >= 11 is 0. The standard InChI is InChI=1S/C15H18N4O2/c1-10-9-17-7-4-12(10)18-15(20)13-8-14(21-19-13)11-2-5-16-6-3-11/h2-3,5-6,8,10,12,17H,4,7,9H2,1H3,(H,18,20). The molecule has 0 aliphatic carbocycles. The zero-order valence-electron chi connectivity index (χ0n) is 11.9. The van der Waals surface area contributed by atoms with Gasteiger partial charge in [0.1, 0.15) is 0 Å². The predicted molar refractivity (Wildman–Crippen MR) is 77.6 cm³/mol. The smallest absolute Gasteiger partial charge is 0.273 e. The van der Waals surface area contributed by atoms with Crippen molar-refractivity contribution in [3.63, 3.8) is 0 Å². The number of hydrogen-bond acceptors (Lipinski definition) is 5. The predicted octanol–water partition coefficient (Wildman–Crippen LogP) is 1.46. The third kappa shape index (κ3) is 3.11. The summed E-state index contributed by atoms with van der Waals surface area (Å²) in [6, 6.07) is 5.48. The van der Waals surface area contributed by atoms with Gasteiger partial charge < -0.3 is 15.2 Å². The van der Waals surface area contributed by atoms with E-state index in [1.165, 1.54) is 0 Å². The minimum atomic E-state index is -0.183. The van der Waals surface area contributed by atoms with Crippen LogP contribution in [0.15, 0.2) is 35.1 Å². The van der Waals surface area contributed by atoms with Gasteiger partial charge in [0, 0.05) is 30.1 Å². The lowest BCUT2D eigenvalue weighted by Gasteiger charge is -2.29. The number of pyridine rings is 1. The first kappa shape index (κ1) is 13.8. The summed E-state index contributed by atoms with van der Waals surface area (Å²) in [5, 5.41) is 10.2. The molecule has 110 valence electrons. The minimum absolute atomic E-state index is 0.180. The molecule has 1 amide bonds. The molecule has 0 spiro atoms. The zero-order valence-corrected chi connectivity index (χ0v) is 11.9. The monoisotopic (exact) mass is 286 g/mol. The van der Waals surface area contributed by atoms with Crippen LogP contribution in [0.2, 0.25) is 0 Å². The molecule has 3 rings (SSSR count). The van der Waals surface area contributed by atoms with Crippen LogP contribution >= 0.6 is 0 Å². The molecule has 0 aromatic carbocycles. The van der Waals surface area contributed by atoms with Gasteiger partial charge in [-0.3, -0.25) is 9.78 Å². The molecule has 2 N–H and O–H groups in total. The summed E-state index contributed by atoms with van der Waals surface area (Å²) in [6.07, 6.45) is 4.28. The van der Waals surface area contributed by atoms with Crippen LogP contribution in [-0.2, 0) is 0 Å². The third-order valence-electron chi connectivity index (χ3n) is 3.81. The maximum Gasteiger partial charge on any atom is 0.273 e. The molecule has 0 saturated carbocycles. The number of piperidine rings is 1. The SMILES string of the molecule is CC1CNCCC1NC(=O)c1cc(-c2ccncc2)on1. The highest BCUT2D eigenvalue weighted by atomic mass is 16.5. The van der Waals surface area contributed by atoms with Gasteiger partial charge in [-0.15, -0.1) is 0 Å². The molecule has 2 unspecified atom stereocenters. The molecular formula is C15H18N4O2. The normalized spacial score (nSPS) is 22.0. The topological polar surface area (TPSA) is 80.0 Å². The van der Waals surface area contributed by atoms with Crippen LogP contribution in [0.3, 0.4) is 0 Å². The number of aromatic nitrogens is 2. The van der Waals surface area contributed by atoms with E-state index in [-0.39, 0.29) is 11.9 Å². The lowest BCUT2D eigenvalue weighted by Crippen LogP contribution is -2.48. The van der Waals surface area contributed by atoms with Gasteiger partial charge >= 0.3 is 0 Å². The fraction of sp³-hybridized carbons (Fsp3) is 0.400. The number of carbonyl (C=O) groups is 1. The first-order valence-corrected chi connectivity index (χ1v) is 7.13. The van der Waals surface area contributed by atoms with Crippen molar-refractivity contribution >= 4 is 5.91 Å². The van der Waals surface area contributed by atoms with Crippen molar-refractivity contribution in [2.45, 2.75) is 19.4 Å². The Bertz CT molecular complexity index is 611. The number of nitrogens with one attached hydrogen (secondary N) is 2. The van der Waals surface area contributed by atoms with Gasteiger partial charge in [0.15, 0.2) is 11.5 Å². The summed E-state index contributed by atoms with van der Waals surface area (Å²) < 4.78 is 5.24. The van der Waals surface area contributed by atoms with Crippen LogP contribution in [0.5, 0.6) is 0 Å². The summed E-state index contributed by atoms with van der Waals surface area (Å²) in [5.41, 5.74) is 1.17. The lowest BCUT2D eigenvalue weighted by atomic mass is 9.95. The molecule has 1 fully saturated rings. The van der Waals surface area contributed by atoms with E-state index in [9.17, 15) is 4.79 Å². The van der Waals surface area contributed by atoms with Crippen LogP contribution < -0.4 is 10.6 Å². The zero-order chi connectivity index (χ0) is 14.7. The Kier molecular flexibility index (Phi) is 3.96. The van der Waals surface area contributed by atoms with Crippen molar-refractivity contribution in [2.75, 3.05) is 13.1 Å². The first-order chi connectivity index (χ1) is 10.2. The van der Waals surface area contributed by atoms with Crippen LogP contribution in [0, 0.1) is 5.92 Å². The summed E-state index contributed by atoms with van der Waals surface area (Å²) in [6.45, 7) is 3.98. The molecule has 21 heavy (non-hydrogen) atoms. The van der Waals surface area contributed by atoms with Gasteiger partial charge in [0.2, 0.25) is 0 Å². The van der Waals surface area contributed by atoms with E-state index in [0.717, 1.165) is 25.1 Å². The molecule has 3 heterocycles. The van der Waals surface area contributed by atoms with Crippen molar-refractivity contribution in [1.29, 1.82) is 0 Å². The Morgan fingerprint density at radius 1 is 1.43 bits per heavy atom. The van der Waals surface area contributed by atoms with Crippen LogP contribution in [0.25, 0.3) is 11.3 Å². The van der Waals surface area contributed by atoms with E-state index < -0.39 is 0 Å². The third-order valence-corrected chi connectivity index (χ3v) is 3.81. The molecule has 1 saturated heterocycles. The highest BCUT2D eigenvalue weighted by Crippen LogP contribution is 2.19. The Balaban J connectivity index is 1.69. The summed E-state index contributed by atoms with van der Waals surface area (Å²) in [7, 11) is 0. The quantitative estimate of drug-likeness (QED) is 0.893. The fourth-order valence-electron chi connectivity index (χ4n) is 2.51. The number of nitrogens with zero attached hydrogens (tertiary/aromatic N) is 2. The molecule has 1 aliphatic rings. The molecule has 6 heteroatoms. The maximum atomic E-state index is 12.2. The number of carbonyl (C=O) groups excluding carboxylic acids is 1. The van der Waals surface area contributed by atoms with Crippen molar-refractivity contribution in [2.24, 2.45) is 5.92 Å². The molecule has 6 nitrogen and oxygen atoms in total. The average Bonchev–Trinajstić information content (AvgIpc) is 3.00. The van der Waals surface area contributed by atoms with E-state index >= 15 is 0 Å². The number of rotatable bonds is 3. The van der Waals surface area contributed by atoms with Crippen molar-refractivity contribution in [1.82, 2.24) is 20.8 Å². The van der Waals surface area contributed by atoms with E-state index in [2.05, 4.69) is 27.7 Å². The molecule has 1 aliphatic heterocycles. The number of hydrogen-bond donors (Lipinski definition) is 2. The molecule has 0 radical (unpaired) electrons. The highest BCUT2D eigenvalue weighted by Gasteiger charge is 2.24. The maximum absolute atomic E-state index is 12.2. The first-order valence-electron chi connectivity index (χ1n) is 7.13. The van der Waals surface area contributed by atoms with E-state index in [1.807, 2.05) is 12.1 Å². The molecule has 0 bridgehead atoms. The lowest BCUT2D eigenvalue weighted by molar-refractivity contribution is 0.0905. The minimum Gasteiger partial charge on any atom is -0.355 e. The van der Waals surface area contributed by atoms with Gasteiger partial charge in [-0.25, -0.2) is 0 Å². The van der Waals surface area contributed by atoms with E-state index in [4.69, 9.17) is 4.52 Å². The largest absolute Gasteiger partial charge is 0.355 e. The van der Waals surface area contributed by atoms with Crippen LogP contribution in [0.1, 0.15) is 23.8 Å². The Hall–Kier alpha value is -2.21. The molecule has 2 aromatic heterocycles. The second kappa shape index (κ2) is 6.05. The second-order valence-electron chi connectivity index (χ2n) is 5.36. The van der Waals surface area contributed by atoms with Crippen molar-refractivity contribution in [3.8, 4) is 11.3 Å². The molecule has 2 atom stereocenters. The summed E-state index contributed by atoms with van der Waals surface area (Å²) in [5.74, 6) is 0.799. The van der Waals surface area contributed by atoms with Gasteiger partial charge in [-0.2, -0.15) is 0 Å². The van der Waals surface area contributed by atoms with Crippen LogP contribution in [0.4, 0.5) is 0 Å². The van der Waals surface area contributed by atoms with Gasteiger partial charge in [0.05, 0.1) is 0 Å². The summed E-state index contributed by atoms with van der Waals surface area (Å²) in [4.78, 5) is 16.2. The van der Waals surface area contributed by atoms with Crippen LogP contribution in [-0.4, -0.2) is 35.2 Å². The van der Waals surface area contributed by atoms with Crippen molar-refractivity contribution in [3.05, 3.63) is 36.3 Å². The van der Waals surface area contributed by atoms with Gasteiger partial charge in [-0.1, -0.05) is 12.1 Å². The van der Waals surface area contributed by atoms with Gasteiger partial charge in [0.25, 0.3) is 5.91 Å². The Labute approximate surface area is 122 Å². The Morgan fingerprint density at radius 2 is 2.24 bits per heavy atom.